The van der Waals surface area contributed by atoms with E-state index in [0.29, 0.717) is 5.88 Å². The normalized spacial score (nSPS) is 16.4. The van der Waals surface area contributed by atoms with E-state index in [4.69, 9.17) is 11.6 Å². The van der Waals surface area contributed by atoms with Crippen molar-refractivity contribution in [3.63, 3.8) is 0 Å². The van der Waals surface area contributed by atoms with Gasteiger partial charge in [-0.1, -0.05) is 20.4 Å². The number of rotatable bonds is 3. The van der Waals surface area contributed by atoms with Gasteiger partial charge in [-0.25, -0.2) is 0 Å². The Morgan fingerprint density at radius 2 is 2.16 bits per heavy atom. The lowest BCUT2D eigenvalue weighted by Gasteiger charge is -2.25. The van der Waals surface area contributed by atoms with Gasteiger partial charge in [-0.15, -0.1) is 11.6 Å². The van der Waals surface area contributed by atoms with E-state index >= 15 is 0 Å². The van der Waals surface area contributed by atoms with Crippen LogP contribution in [0.25, 0.3) is 0 Å². The van der Waals surface area contributed by atoms with Gasteiger partial charge in [0.25, 0.3) is 0 Å². The summed E-state index contributed by atoms with van der Waals surface area (Å²) in [5.41, 5.74) is 4.03. The zero-order valence-corrected chi connectivity index (χ0v) is 12.3. The highest BCUT2D eigenvalue weighted by molar-refractivity contribution is 6.18. The van der Waals surface area contributed by atoms with Crippen molar-refractivity contribution in [1.29, 1.82) is 0 Å². The van der Waals surface area contributed by atoms with E-state index in [1.54, 1.807) is 0 Å². The minimum atomic E-state index is -0.143. The van der Waals surface area contributed by atoms with Crippen LogP contribution in [0.4, 0.5) is 11.4 Å². The summed E-state index contributed by atoms with van der Waals surface area (Å²) in [6, 6.07) is 5.96. The molecule has 1 aromatic rings. The molecule has 3 nitrogen and oxygen atoms in total. The second kappa shape index (κ2) is 4.89. The van der Waals surface area contributed by atoms with Gasteiger partial charge in [0, 0.05) is 41.8 Å². The molecule has 0 atom stereocenters. The van der Waals surface area contributed by atoms with Gasteiger partial charge in [-0.3, -0.25) is 4.79 Å². The Morgan fingerprint density at radius 1 is 1.47 bits per heavy atom. The Balaban J connectivity index is 2.46. The Morgan fingerprint density at radius 3 is 2.74 bits per heavy atom. The number of hydrogen-bond acceptors (Lipinski definition) is 2. The number of hydrogen-bond donors (Lipinski definition) is 1. The van der Waals surface area contributed by atoms with Crippen molar-refractivity contribution >= 4 is 28.9 Å². The zero-order valence-electron chi connectivity index (χ0n) is 11.6. The number of halogens is 1. The number of alkyl halides is 1. The Hall–Kier alpha value is -1.48. The minimum absolute atomic E-state index is 0.0628. The number of anilines is 2. The quantitative estimate of drug-likeness (QED) is 0.859. The fourth-order valence-corrected chi connectivity index (χ4v) is 2.70. The van der Waals surface area contributed by atoms with Gasteiger partial charge in [0.1, 0.15) is 0 Å². The van der Waals surface area contributed by atoms with Crippen molar-refractivity contribution < 1.29 is 4.79 Å². The lowest BCUT2D eigenvalue weighted by molar-refractivity contribution is -0.114. The number of nitrogens with one attached hydrogen (secondary N) is 1. The second-order valence-electron chi connectivity index (χ2n) is 5.33. The number of benzene rings is 1. The number of carbonyl (C=O) groups excluding carboxylic acids is 1. The van der Waals surface area contributed by atoms with Crippen LogP contribution in [0.1, 0.15) is 26.3 Å². The van der Waals surface area contributed by atoms with E-state index < -0.39 is 0 Å². The van der Waals surface area contributed by atoms with Crippen LogP contribution in [0.3, 0.4) is 0 Å². The summed E-state index contributed by atoms with van der Waals surface area (Å²) in [6.07, 6.45) is 0. The largest absolute Gasteiger partial charge is 0.343 e. The molecule has 1 heterocycles. The average molecular weight is 279 g/mol. The van der Waals surface area contributed by atoms with Crippen LogP contribution >= 0.6 is 11.6 Å². The zero-order chi connectivity index (χ0) is 14.2. The molecule has 0 radical (unpaired) electrons. The first kappa shape index (κ1) is 13.9. The average Bonchev–Trinajstić information content (AvgIpc) is 2.51. The smallest absolute Gasteiger partial charge is 0.221 e. The predicted molar refractivity (Wildman–Crippen MR) is 81.0 cm³/mol. The van der Waals surface area contributed by atoms with Gasteiger partial charge in [-0.05, 0) is 23.8 Å². The highest BCUT2D eigenvalue weighted by Crippen LogP contribution is 2.47. The first-order chi connectivity index (χ1) is 8.87. The van der Waals surface area contributed by atoms with Crippen LogP contribution in [0.2, 0.25) is 0 Å². The Labute approximate surface area is 119 Å². The van der Waals surface area contributed by atoms with Crippen LogP contribution < -0.4 is 10.2 Å². The lowest BCUT2D eigenvalue weighted by atomic mass is 9.84. The molecule has 1 aliphatic rings. The van der Waals surface area contributed by atoms with Gasteiger partial charge in [0.05, 0.1) is 0 Å². The van der Waals surface area contributed by atoms with Crippen LogP contribution in [0.15, 0.2) is 30.5 Å². The Bertz CT molecular complexity index is 537. The molecule has 102 valence electrons. The van der Waals surface area contributed by atoms with E-state index in [-0.39, 0.29) is 11.3 Å². The summed E-state index contributed by atoms with van der Waals surface area (Å²) in [7, 11) is 0. The first-order valence-electron chi connectivity index (χ1n) is 6.33. The van der Waals surface area contributed by atoms with Crippen molar-refractivity contribution in [2.75, 3.05) is 22.6 Å². The van der Waals surface area contributed by atoms with E-state index in [1.165, 1.54) is 12.5 Å². The second-order valence-corrected chi connectivity index (χ2v) is 5.70. The number of amides is 1. The van der Waals surface area contributed by atoms with Gasteiger partial charge >= 0.3 is 0 Å². The highest BCUT2D eigenvalue weighted by Gasteiger charge is 2.38. The molecule has 1 aliphatic heterocycles. The molecular formula is C15H19ClN2O. The van der Waals surface area contributed by atoms with Crippen molar-refractivity contribution in [3.8, 4) is 0 Å². The summed E-state index contributed by atoms with van der Waals surface area (Å²) in [5.74, 6) is 0.495. The lowest BCUT2D eigenvalue weighted by Crippen LogP contribution is -2.26. The molecule has 0 spiro atoms. The van der Waals surface area contributed by atoms with Crippen molar-refractivity contribution in [2.24, 2.45) is 0 Å². The monoisotopic (exact) mass is 278 g/mol. The Kier molecular flexibility index (Phi) is 3.59. The van der Waals surface area contributed by atoms with Gasteiger partial charge in [-0.2, -0.15) is 0 Å². The first-order valence-corrected chi connectivity index (χ1v) is 6.86. The molecule has 1 amide bonds. The molecular weight excluding hydrogens is 260 g/mol. The van der Waals surface area contributed by atoms with E-state index in [9.17, 15) is 4.79 Å². The SMILES string of the molecule is C=C1N(CCCl)c2ccc(NC(C)=O)cc2C1(C)C. The fraction of sp³-hybridized carbons (Fsp3) is 0.400. The third-order valence-electron chi connectivity index (χ3n) is 3.64. The molecule has 0 bridgehead atoms. The maximum atomic E-state index is 11.1. The van der Waals surface area contributed by atoms with Crippen LogP contribution in [-0.4, -0.2) is 18.3 Å². The highest BCUT2D eigenvalue weighted by atomic mass is 35.5. The molecule has 0 saturated heterocycles. The van der Waals surface area contributed by atoms with Crippen LogP contribution in [0.5, 0.6) is 0 Å². The van der Waals surface area contributed by atoms with E-state index in [2.05, 4.69) is 30.6 Å². The third kappa shape index (κ3) is 2.35. The molecule has 19 heavy (non-hydrogen) atoms. The molecule has 0 saturated carbocycles. The maximum absolute atomic E-state index is 11.1. The summed E-state index contributed by atoms with van der Waals surface area (Å²) in [4.78, 5) is 13.3. The molecule has 1 N–H and O–H groups in total. The number of nitrogens with zero attached hydrogens (tertiary/aromatic N) is 1. The number of fused-ring (bicyclic) bond motifs is 1. The molecule has 1 aromatic carbocycles. The topological polar surface area (TPSA) is 32.3 Å². The van der Waals surface area contributed by atoms with Gasteiger partial charge < -0.3 is 10.2 Å². The summed E-state index contributed by atoms with van der Waals surface area (Å²) in [5, 5.41) is 2.82. The van der Waals surface area contributed by atoms with Gasteiger partial charge in [0.2, 0.25) is 5.91 Å². The molecule has 0 fully saturated rings. The predicted octanol–water partition coefficient (Wildman–Crippen LogP) is 3.50. The standard InChI is InChI=1S/C15H19ClN2O/c1-10-15(3,4)13-9-12(17-11(2)19)5-6-14(13)18(10)8-7-16/h5-6,9H,1,7-8H2,2-4H3,(H,17,19). The van der Waals surface area contributed by atoms with Crippen molar-refractivity contribution in [3.05, 3.63) is 36.0 Å². The number of allylic oxidation sites excluding steroid dienone is 1. The maximum Gasteiger partial charge on any atom is 0.221 e. The summed E-state index contributed by atoms with van der Waals surface area (Å²) in [6.45, 7) is 10.7. The van der Waals surface area contributed by atoms with Crippen LogP contribution in [-0.2, 0) is 10.2 Å². The van der Waals surface area contributed by atoms with Crippen molar-refractivity contribution in [1.82, 2.24) is 0 Å². The molecule has 0 aromatic heterocycles. The van der Waals surface area contributed by atoms with Crippen molar-refractivity contribution in [2.45, 2.75) is 26.2 Å². The molecule has 0 aliphatic carbocycles. The fourth-order valence-electron chi connectivity index (χ4n) is 2.53. The molecule has 0 unspecified atom stereocenters. The van der Waals surface area contributed by atoms with Crippen LogP contribution in [0, 0.1) is 0 Å². The third-order valence-corrected chi connectivity index (χ3v) is 3.81. The summed E-state index contributed by atoms with van der Waals surface area (Å²) < 4.78 is 0. The number of carbonyl (C=O) groups is 1. The summed E-state index contributed by atoms with van der Waals surface area (Å²) >= 11 is 5.87. The van der Waals surface area contributed by atoms with E-state index in [0.717, 1.165) is 23.6 Å². The molecule has 2 rings (SSSR count). The van der Waals surface area contributed by atoms with Gasteiger partial charge in [0.15, 0.2) is 0 Å². The van der Waals surface area contributed by atoms with E-state index in [1.807, 2.05) is 18.2 Å². The minimum Gasteiger partial charge on any atom is -0.343 e. The molecule has 4 heteroatoms.